The van der Waals surface area contributed by atoms with Gasteiger partial charge in [-0.3, -0.25) is 9.97 Å². The normalized spacial score (nSPS) is 11.4. The van der Waals surface area contributed by atoms with Crippen LogP contribution in [0.2, 0.25) is 0 Å². The zero-order valence-electron chi connectivity index (χ0n) is 25.1. The molecule has 0 aliphatic carbocycles. The lowest BCUT2D eigenvalue weighted by Gasteiger charge is -2.10. The first kappa shape index (κ1) is 26.8. The van der Waals surface area contributed by atoms with Gasteiger partial charge in [0.05, 0.1) is 16.6 Å². The van der Waals surface area contributed by atoms with Gasteiger partial charge in [-0.15, -0.1) is 0 Å². The minimum atomic E-state index is 0.615. The van der Waals surface area contributed by atoms with Gasteiger partial charge >= 0.3 is 0 Å². The minimum Gasteiger partial charge on any atom is -0.456 e. The number of aromatic nitrogens is 5. The summed E-state index contributed by atoms with van der Waals surface area (Å²) in [5, 5.41) is 3.03. The monoisotopic (exact) mass is 603 g/mol. The summed E-state index contributed by atoms with van der Waals surface area (Å²) in [6, 6.07) is 46.8. The topological polar surface area (TPSA) is 77.6 Å². The molecule has 0 aliphatic rings. The zero-order valence-corrected chi connectivity index (χ0v) is 25.1. The Balaban J connectivity index is 1.19. The maximum Gasteiger partial charge on any atom is 0.164 e. The van der Waals surface area contributed by atoms with Crippen LogP contribution in [0.4, 0.5) is 0 Å². The van der Waals surface area contributed by atoms with E-state index in [-0.39, 0.29) is 0 Å². The summed E-state index contributed by atoms with van der Waals surface area (Å²) in [6.07, 6.45) is 3.62. The van der Waals surface area contributed by atoms with Crippen LogP contribution < -0.4 is 0 Å². The van der Waals surface area contributed by atoms with Gasteiger partial charge in [0.2, 0.25) is 0 Å². The zero-order chi connectivity index (χ0) is 31.2. The van der Waals surface area contributed by atoms with E-state index in [9.17, 15) is 0 Å². The number of nitrogens with zero attached hydrogens (tertiary/aromatic N) is 5. The van der Waals surface area contributed by atoms with Crippen molar-refractivity contribution < 1.29 is 4.42 Å². The van der Waals surface area contributed by atoms with Gasteiger partial charge < -0.3 is 4.42 Å². The van der Waals surface area contributed by atoms with E-state index in [0.29, 0.717) is 17.5 Å². The standard InChI is InChI=1S/C41H25N5O/c1-3-10-27(11-4-1)39-44-40(28-12-5-2-6-13-28)46-41(45-39)31-16-7-15-29(24-31)30-19-20-34-33(25-30)36-35(47-34)21-23-43-38(36)32-18-8-14-26-17-9-22-42-37(26)32/h1-25H. The highest BCUT2D eigenvalue weighted by Gasteiger charge is 2.18. The van der Waals surface area contributed by atoms with Gasteiger partial charge in [0, 0.05) is 45.4 Å². The fraction of sp³-hybridized carbons (Fsp3) is 0. The van der Waals surface area contributed by atoms with Crippen molar-refractivity contribution in [3.8, 4) is 56.5 Å². The molecule has 0 aliphatic heterocycles. The summed E-state index contributed by atoms with van der Waals surface area (Å²) < 4.78 is 6.33. The minimum absolute atomic E-state index is 0.615. The van der Waals surface area contributed by atoms with E-state index in [1.54, 1.807) is 6.20 Å². The van der Waals surface area contributed by atoms with Crippen LogP contribution in [0.1, 0.15) is 0 Å². The van der Waals surface area contributed by atoms with Gasteiger partial charge in [-0.25, -0.2) is 15.0 Å². The molecule has 0 N–H and O–H groups in total. The van der Waals surface area contributed by atoms with Crippen LogP contribution in [0.25, 0.3) is 89.4 Å². The molecule has 5 aromatic carbocycles. The third-order valence-electron chi connectivity index (χ3n) is 8.42. The Hall–Kier alpha value is -6.53. The van der Waals surface area contributed by atoms with Crippen molar-refractivity contribution in [1.29, 1.82) is 0 Å². The predicted molar refractivity (Wildman–Crippen MR) is 187 cm³/mol. The van der Waals surface area contributed by atoms with E-state index >= 15 is 0 Å². The molecular weight excluding hydrogens is 578 g/mol. The molecule has 6 nitrogen and oxygen atoms in total. The molecule has 6 heteroatoms. The molecule has 0 unspecified atom stereocenters. The fourth-order valence-corrected chi connectivity index (χ4v) is 6.18. The number of pyridine rings is 2. The molecule has 9 rings (SSSR count). The van der Waals surface area contributed by atoms with E-state index in [4.69, 9.17) is 29.3 Å². The second-order valence-electron chi connectivity index (χ2n) is 11.3. The molecule has 0 fully saturated rings. The van der Waals surface area contributed by atoms with Crippen LogP contribution in [-0.4, -0.2) is 24.9 Å². The van der Waals surface area contributed by atoms with Crippen LogP contribution in [0, 0.1) is 0 Å². The molecule has 0 atom stereocenters. The second kappa shape index (κ2) is 11.1. The summed E-state index contributed by atoms with van der Waals surface area (Å²) in [6.45, 7) is 0. The van der Waals surface area contributed by atoms with E-state index in [1.807, 2.05) is 103 Å². The highest BCUT2D eigenvalue weighted by Crippen LogP contribution is 2.39. The number of hydrogen-bond donors (Lipinski definition) is 0. The Kier molecular flexibility index (Phi) is 6.35. The Morgan fingerprint density at radius 1 is 0.426 bits per heavy atom. The maximum atomic E-state index is 6.33. The van der Waals surface area contributed by atoms with Gasteiger partial charge in [-0.1, -0.05) is 109 Å². The van der Waals surface area contributed by atoms with Crippen molar-refractivity contribution >= 4 is 32.8 Å². The van der Waals surface area contributed by atoms with Crippen molar-refractivity contribution in [3.63, 3.8) is 0 Å². The summed E-state index contributed by atoms with van der Waals surface area (Å²) in [5.74, 6) is 1.88. The first-order valence-electron chi connectivity index (χ1n) is 15.4. The van der Waals surface area contributed by atoms with Crippen LogP contribution in [0.3, 0.4) is 0 Å². The number of rotatable bonds is 5. The van der Waals surface area contributed by atoms with E-state index in [0.717, 1.165) is 71.9 Å². The average molecular weight is 604 g/mol. The second-order valence-corrected chi connectivity index (χ2v) is 11.3. The van der Waals surface area contributed by atoms with Gasteiger partial charge in [-0.2, -0.15) is 0 Å². The molecule has 220 valence electrons. The first-order chi connectivity index (χ1) is 23.3. The lowest BCUT2D eigenvalue weighted by molar-refractivity contribution is 0.668. The van der Waals surface area contributed by atoms with Crippen LogP contribution >= 0.6 is 0 Å². The van der Waals surface area contributed by atoms with E-state index in [2.05, 4.69) is 42.5 Å². The molecule has 0 radical (unpaired) electrons. The first-order valence-corrected chi connectivity index (χ1v) is 15.4. The Morgan fingerprint density at radius 2 is 1.06 bits per heavy atom. The molecule has 4 heterocycles. The average Bonchev–Trinajstić information content (AvgIpc) is 3.53. The number of furan rings is 1. The molecule has 0 saturated carbocycles. The summed E-state index contributed by atoms with van der Waals surface area (Å²) in [4.78, 5) is 24.3. The Morgan fingerprint density at radius 3 is 1.83 bits per heavy atom. The largest absolute Gasteiger partial charge is 0.456 e. The van der Waals surface area contributed by atoms with Gasteiger partial charge in [-0.05, 0) is 41.5 Å². The van der Waals surface area contributed by atoms with Gasteiger partial charge in [0.25, 0.3) is 0 Å². The SMILES string of the molecule is c1ccc(-c2nc(-c3ccccc3)nc(-c3cccc(-c4ccc5oc6ccnc(-c7cccc8cccnc78)c6c5c4)c3)n2)cc1. The Labute approximate surface area is 270 Å². The Bertz CT molecular complexity index is 2520. The molecule has 0 amide bonds. The van der Waals surface area contributed by atoms with Crippen LogP contribution in [0.5, 0.6) is 0 Å². The van der Waals surface area contributed by atoms with Crippen molar-refractivity contribution in [1.82, 2.24) is 24.9 Å². The number of hydrogen-bond acceptors (Lipinski definition) is 6. The van der Waals surface area contributed by atoms with Gasteiger partial charge in [0.1, 0.15) is 11.2 Å². The lowest BCUT2D eigenvalue weighted by Crippen LogP contribution is -2.00. The molecule has 0 bridgehead atoms. The highest BCUT2D eigenvalue weighted by atomic mass is 16.3. The number of fused-ring (bicyclic) bond motifs is 4. The molecule has 9 aromatic rings. The lowest BCUT2D eigenvalue weighted by atomic mass is 9.98. The van der Waals surface area contributed by atoms with Crippen LogP contribution in [-0.2, 0) is 0 Å². The van der Waals surface area contributed by atoms with Crippen molar-refractivity contribution in [2.45, 2.75) is 0 Å². The fourth-order valence-electron chi connectivity index (χ4n) is 6.18. The van der Waals surface area contributed by atoms with Crippen molar-refractivity contribution in [3.05, 3.63) is 152 Å². The smallest absolute Gasteiger partial charge is 0.164 e. The molecule has 0 spiro atoms. The highest BCUT2D eigenvalue weighted by molar-refractivity contribution is 6.14. The summed E-state index contributed by atoms with van der Waals surface area (Å²) >= 11 is 0. The number of para-hydroxylation sites is 1. The van der Waals surface area contributed by atoms with E-state index < -0.39 is 0 Å². The molecule has 4 aromatic heterocycles. The molecular formula is C41H25N5O. The van der Waals surface area contributed by atoms with Crippen molar-refractivity contribution in [2.75, 3.05) is 0 Å². The molecule has 0 saturated heterocycles. The van der Waals surface area contributed by atoms with E-state index in [1.165, 1.54) is 0 Å². The number of benzene rings is 5. The third kappa shape index (κ3) is 4.80. The predicted octanol–water partition coefficient (Wildman–Crippen LogP) is 10.0. The summed E-state index contributed by atoms with van der Waals surface area (Å²) in [7, 11) is 0. The molecule has 47 heavy (non-hydrogen) atoms. The van der Waals surface area contributed by atoms with Gasteiger partial charge in [0.15, 0.2) is 17.5 Å². The van der Waals surface area contributed by atoms with Crippen LogP contribution in [0.15, 0.2) is 156 Å². The van der Waals surface area contributed by atoms with Crippen molar-refractivity contribution in [2.24, 2.45) is 0 Å². The third-order valence-corrected chi connectivity index (χ3v) is 8.42. The quantitative estimate of drug-likeness (QED) is 0.195. The summed E-state index contributed by atoms with van der Waals surface area (Å²) in [5.41, 5.74) is 9.20. The maximum absolute atomic E-state index is 6.33.